The Labute approximate surface area is 71.0 Å². The molecule has 11 heavy (non-hydrogen) atoms. The van der Waals surface area contributed by atoms with E-state index in [9.17, 15) is 0 Å². The van der Waals surface area contributed by atoms with Crippen molar-refractivity contribution in [3.05, 3.63) is 0 Å². The van der Waals surface area contributed by atoms with Crippen molar-refractivity contribution in [2.75, 3.05) is 33.7 Å². The zero-order valence-corrected chi connectivity index (χ0v) is 8.35. The highest BCUT2D eigenvalue weighted by atomic mass is 15.1. The van der Waals surface area contributed by atoms with Crippen LogP contribution in [0.2, 0.25) is 0 Å². The average molecular weight is 158 g/mol. The molecule has 2 nitrogen and oxygen atoms in total. The monoisotopic (exact) mass is 158 g/mol. The summed E-state index contributed by atoms with van der Waals surface area (Å²) < 4.78 is 0. The summed E-state index contributed by atoms with van der Waals surface area (Å²) >= 11 is 0. The van der Waals surface area contributed by atoms with Gasteiger partial charge in [0.1, 0.15) is 0 Å². The van der Waals surface area contributed by atoms with E-state index in [1.54, 1.807) is 0 Å². The Kier molecular flexibility index (Phi) is 6.57. The smallest absolute Gasteiger partial charge is 0.0101 e. The Morgan fingerprint density at radius 2 is 1.82 bits per heavy atom. The van der Waals surface area contributed by atoms with E-state index in [-0.39, 0.29) is 0 Å². The molecule has 0 aromatic rings. The van der Waals surface area contributed by atoms with Gasteiger partial charge in [0.05, 0.1) is 0 Å². The fourth-order valence-electron chi connectivity index (χ4n) is 0.818. The van der Waals surface area contributed by atoms with E-state index in [4.69, 9.17) is 0 Å². The first-order valence-electron chi connectivity index (χ1n) is 4.48. The second-order valence-electron chi connectivity index (χ2n) is 3.74. The van der Waals surface area contributed by atoms with Gasteiger partial charge >= 0.3 is 0 Å². The lowest BCUT2D eigenvalue weighted by molar-refractivity contribution is 0.395. The molecule has 0 rings (SSSR count). The van der Waals surface area contributed by atoms with Crippen molar-refractivity contribution in [1.82, 2.24) is 10.2 Å². The third-order valence-electron chi connectivity index (χ3n) is 1.63. The second kappa shape index (κ2) is 6.62. The van der Waals surface area contributed by atoms with Gasteiger partial charge in [0.25, 0.3) is 0 Å². The summed E-state index contributed by atoms with van der Waals surface area (Å²) in [5, 5.41) is 3.41. The molecule has 0 radical (unpaired) electrons. The molecule has 0 amide bonds. The van der Waals surface area contributed by atoms with Crippen LogP contribution in [0.4, 0.5) is 0 Å². The molecule has 0 aromatic carbocycles. The largest absolute Gasteiger partial charge is 0.315 e. The summed E-state index contributed by atoms with van der Waals surface area (Å²) in [6.45, 7) is 7.92. The van der Waals surface area contributed by atoms with Crippen molar-refractivity contribution in [3.8, 4) is 0 Å². The predicted molar refractivity (Wildman–Crippen MR) is 50.9 cm³/mol. The molecule has 0 spiro atoms. The third-order valence-corrected chi connectivity index (χ3v) is 1.63. The molecule has 68 valence electrons. The van der Waals surface area contributed by atoms with Crippen LogP contribution < -0.4 is 5.32 Å². The predicted octanol–water partition coefficient (Wildman–Crippen LogP) is 1.18. The Hall–Kier alpha value is -0.0800. The molecule has 0 aromatic heterocycles. The van der Waals surface area contributed by atoms with Crippen molar-refractivity contribution >= 4 is 0 Å². The van der Waals surface area contributed by atoms with Gasteiger partial charge in [-0.15, -0.1) is 0 Å². The minimum atomic E-state index is 0.821. The third kappa shape index (κ3) is 9.92. The first-order chi connectivity index (χ1) is 5.13. The van der Waals surface area contributed by atoms with Gasteiger partial charge < -0.3 is 10.2 Å². The van der Waals surface area contributed by atoms with Crippen molar-refractivity contribution in [3.63, 3.8) is 0 Å². The highest BCUT2D eigenvalue weighted by molar-refractivity contribution is 4.52. The normalized spacial score (nSPS) is 11.5. The van der Waals surface area contributed by atoms with Crippen LogP contribution >= 0.6 is 0 Å². The molecule has 1 N–H and O–H groups in total. The van der Waals surface area contributed by atoms with Gasteiger partial charge in [-0.05, 0) is 33.0 Å². The maximum absolute atomic E-state index is 3.41. The Morgan fingerprint density at radius 1 is 1.18 bits per heavy atom. The summed E-state index contributed by atoms with van der Waals surface area (Å²) in [5.74, 6) is 0.821. The molecule has 0 aliphatic heterocycles. The van der Waals surface area contributed by atoms with Crippen LogP contribution in [-0.2, 0) is 0 Å². The van der Waals surface area contributed by atoms with Crippen LogP contribution in [0.5, 0.6) is 0 Å². The van der Waals surface area contributed by atoms with Crippen molar-refractivity contribution < 1.29 is 0 Å². The van der Waals surface area contributed by atoms with E-state index in [0.717, 1.165) is 25.6 Å². The lowest BCUT2D eigenvalue weighted by Crippen LogP contribution is -2.27. The SMILES string of the molecule is CC(C)CCNCCN(C)C. The van der Waals surface area contributed by atoms with Gasteiger partial charge in [0.15, 0.2) is 0 Å². The highest BCUT2D eigenvalue weighted by Gasteiger charge is 1.93. The topological polar surface area (TPSA) is 15.3 Å². The molecule has 0 fully saturated rings. The molecule has 0 heterocycles. The quantitative estimate of drug-likeness (QED) is 0.584. The maximum atomic E-state index is 3.41. The number of nitrogens with zero attached hydrogens (tertiary/aromatic N) is 1. The van der Waals surface area contributed by atoms with Crippen LogP contribution in [0.25, 0.3) is 0 Å². The molecule has 0 atom stereocenters. The molecular weight excluding hydrogens is 136 g/mol. The molecule has 0 aliphatic rings. The van der Waals surface area contributed by atoms with Crippen molar-refractivity contribution in [2.45, 2.75) is 20.3 Å². The van der Waals surface area contributed by atoms with Gasteiger partial charge in [-0.2, -0.15) is 0 Å². The summed E-state index contributed by atoms with van der Waals surface area (Å²) in [4.78, 5) is 2.20. The van der Waals surface area contributed by atoms with Crippen LogP contribution in [-0.4, -0.2) is 38.6 Å². The van der Waals surface area contributed by atoms with E-state index in [1.165, 1.54) is 6.42 Å². The van der Waals surface area contributed by atoms with Gasteiger partial charge in [0, 0.05) is 13.1 Å². The number of rotatable bonds is 6. The van der Waals surface area contributed by atoms with Crippen LogP contribution in [0.1, 0.15) is 20.3 Å². The van der Waals surface area contributed by atoms with E-state index >= 15 is 0 Å². The fraction of sp³-hybridized carbons (Fsp3) is 1.00. The summed E-state index contributed by atoms with van der Waals surface area (Å²) in [7, 11) is 4.20. The van der Waals surface area contributed by atoms with Gasteiger partial charge in [-0.3, -0.25) is 0 Å². The summed E-state index contributed by atoms with van der Waals surface area (Å²) in [6.07, 6.45) is 1.29. The number of nitrogens with one attached hydrogen (secondary N) is 1. The Morgan fingerprint density at radius 3 is 2.27 bits per heavy atom. The van der Waals surface area contributed by atoms with E-state index < -0.39 is 0 Å². The number of hydrogen-bond acceptors (Lipinski definition) is 2. The zero-order chi connectivity index (χ0) is 8.69. The Bertz CT molecular complexity index is 69.6. The lowest BCUT2D eigenvalue weighted by atomic mass is 10.1. The van der Waals surface area contributed by atoms with Gasteiger partial charge in [-0.25, -0.2) is 0 Å². The Balaban J connectivity index is 2.91. The van der Waals surface area contributed by atoms with Crippen LogP contribution in [0.3, 0.4) is 0 Å². The van der Waals surface area contributed by atoms with E-state index in [2.05, 4.69) is 38.2 Å². The first-order valence-corrected chi connectivity index (χ1v) is 4.48. The molecule has 0 aliphatic carbocycles. The zero-order valence-electron chi connectivity index (χ0n) is 8.35. The standard InChI is InChI=1S/C9H22N2/c1-9(2)5-6-10-7-8-11(3)4/h9-10H,5-8H2,1-4H3. The van der Waals surface area contributed by atoms with Crippen LogP contribution in [0.15, 0.2) is 0 Å². The lowest BCUT2D eigenvalue weighted by Gasteiger charge is -2.10. The van der Waals surface area contributed by atoms with Gasteiger partial charge in [-0.1, -0.05) is 13.8 Å². The van der Waals surface area contributed by atoms with E-state index in [1.807, 2.05) is 0 Å². The molecule has 0 unspecified atom stereocenters. The van der Waals surface area contributed by atoms with Crippen molar-refractivity contribution in [1.29, 1.82) is 0 Å². The van der Waals surface area contributed by atoms with Crippen molar-refractivity contribution in [2.24, 2.45) is 5.92 Å². The molecule has 0 bridgehead atoms. The number of hydrogen-bond donors (Lipinski definition) is 1. The average Bonchev–Trinajstić information content (AvgIpc) is 1.85. The molecule has 0 saturated carbocycles. The first kappa shape index (κ1) is 10.9. The summed E-state index contributed by atoms with van der Waals surface area (Å²) in [5.41, 5.74) is 0. The number of likely N-dealkylation sites (N-methyl/N-ethyl adjacent to an activating group) is 1. The maximum Gasteiger partial charge on any atom is 0.0101 e. The highest BCUT2D eigenvalue weighted by Crippen LogP contribution is 1.95. The fourth-order valence-corrected chi connectivity index (χ4v) is 0.818. The molecule has 2 heteroatoms. The molecular formula is C9H22N2. The van der Waals surface area contributed by atoms with E-state index in [0.29, 0.717) is 0 Å². The molecule has 0 saturated heterocycles. The van der Waals surface area contributed by atoms with Gasteiger partial charge in [0.2, 0.25) is 0 Å². The summed E-state index contributed by atoms with van der Waals surface area (Å²) in [6, 6.07) is 0. The van der Waals surface area contributed by atoms with Crippen LogP contribution in [0, 0.1) is 5.92 Å². The minimum absolute atomic E-state index is 0.821. The second-order valence-corrected chi connectivity index (χ2v) is 3.74. The minimum Gasteiger partial charge on any atom is -0.315 e.